The quantitative estimate of drug-likeness (QED) is 0.796. The third-order valence-electron chi connectivity index (χ3n) is 3.09. The minimum absolute atomic E-state index is 0.0117. The summed E-state index contributed by atoms with van der Waals surface area (Å²) in [5, 5.41) is 0. The van der Waals surface area contributed by atoms with Crippen LogP contribution in [0, 0.1) is 5.82 Å². The van der Waals surface area contributed by atoms with Gasteiger partial charge < -0.3 is 14.2 Å². The predicted molar refractivity (Wildman–Crippen MR) is 70.1 cm³/mol. The van der Waals surface area contributed by atoms with Crippen molar-refractivity contribution < 1.29 is 18.6 Å². The lowest BCUT2D eigenvalue weighted by Gasteiger charge is -2.19. The van der Waals surface area contributed by atoms with Crippen LogP contribution in [-0.4, -0.2) is 26.9 Å². The van der Waals surface area contributed by atoms with E-state index in [-0.39, 0.29) is 16.7 Å². The van der Waals surface area contributed by atoms with Crippen molar-refractivity contribution in [2.45, 2.75) is 23.8 Å². The Bertz CT molecular complexity index is 419. The molecular weight excluding hydrogens is 303 g/mol. The summed E-state index contributed by atoms with van der Waals surface area (Å²) in [6.07, 6.45) is 1.96. The normalized spacial score (nSPS) is 20.8. The van der Waals surface area contributed by atoms with Gasteiger partial charge >= 0.3 is 0 Å². The van der Waals surface area contributed by atoms with E-state index in [1.54, 1.807) is 6.07 Å². The van der Waals surface area contributed by atoms with E-state index in [1.807, 2.05) is 0 Å². The van der Waals surface area contributed by atoms with E-state index in [1.165, 1.54) is 20.3 Å². The lowest BCUT2D eigenvalue weighted by molar-refractivity contribution is 0.109. The van der Waals surface area contributed by atoms with Gasteiger partial charge in [-0.1, -0.05) is 15.9 Å². The summed E-state index contributed by atoms with van der Waals surface area (Å²) in [5.74, 6) is 0.604. The van der Waals surface area contributed by atoms with Gasteiger partial charge in [-0.15, -0.1) is 0 Å². The monoisotopic (exact) mass is 318 g/mol. The van der Waals surface area contributed by atoms with Crippen molar-refractivity contribution in [2.24, 2.45) is 0 Å². The predicted octanol–water partition coefficient (Wildman–Crippen LogP) is 3.46. The summed E-state index contributed by atoms with van der Waals surface area (Å²) in [6, 6.07) is 3.01. The molecule has 2 unspecified atom stereocenters. The van der Waals surface area contributed by atoms with Crippen LogP contribution in [0.25, 0.3) is 0 Å². The van der Waals surface area contributed by atoms with Crippen molar-refractivity contribution in [3.05, 3.63) is 23.5 Å². The molecule has 1 aromatic carbocycles. The number of rotatable bonds is 4. The van der Waals surface area contributed by atoms with Gasteiger partial charge in [0, 0.05) is 18.2 Å². The molecule has 1 fully saturated rings. The summed E-state index contributed by atoms with van der Waals surface area (Å²) in [5.41, 5.74) is 0.541. The largest absolute Gasteiger partial charge is 0.493 e. The molecule has 1 aliphatic heterocycles. The number of alkyl halides is 1. The molecule has 2 atom stereocenters. The van der Waals surface area contributed by atoms with Gasteiger partial charge in [-0.05, 0) is 18.9 Å². The van der Waals surface area contributed by atoms with Gasteiger partial charge in [0.25, 0.3) is 0 Å². The minimum Gasteiger partial charge on any atom is -0.493 e. The maximum absolute atomic E-state index is 14.0. The zero-order chi connectivity index (χ0) is 13.1. The van der Waals surface area contributed by atoms with Crippen LogP contribution < -0.4 is 9.47 Å². The molecule has 1 aliphatic rings. The third kappa shape index (κ3) is 2.62. The van der Waals surface area contributed by atoms with Crippen LogP contribution in [-0.2, 0) is 4.74 Å². The van der Waals surface area contributed by atoms with E-state index in [4.69, 9.17) is 14.2 Å². The first-order chi connectivity index (χ1) is 8.67. The van der Waals surface area contributed by atoms with Crippen LogP contribution in [0.15, 0.2) is 12.1 Å². The minimum atomic E-state index is -0.315. The number of ether oxygens (including phenoxy) is 3. The zero-order valence-corrected chi connectivity index (χ0v) is 12.0. The second kappa shape index (κ2) is 5.89. The maximum Gasteiger partial charge on any atom is 0.163 e. The summed E-state index contributed by atoms with van der Waals surface area (Å²) in [7, 11) is 3.03. The second-order valence-corrected chi connectivity index (χ2v) is 5.17. The molecule has 0 spiro atoms. The van der Waals surface area contributed by atoms with Crippen molar-refractivity contribution in [1.29, 1.82) is 0 Å². The lowest BCUT2D eigenvalue weighted by atomic mass is 10.0. The van der Waals surface area contributed by atoms with E-state index >= 15 is 0 Å². The van der Waals surface area contributed by atoms with Crippen LogP contribution in [0.4, 0.5) is 4.39 Å². The third-order valence-corrected chi connectivity index (χ3v) is 4.17. The highest BCUT2D eigenvalue weighted by atomic mass is 79.9. The number of hydrogen-bond donors (Lipinski definition) is 0. The average molecular weight is 319 g/mol. The molecule has 100 valence electrons. The Morgan fingerprint density at radius 1 is 1.33 bits per heavy atom. The molecule has 0 aromatic heterocycles. The number of benzene rings is 1. The van der Waals surface area contributed by atoms with Crippen LogP contribution in [0.5, 0.6) is 11.5 Å². The van der Waals surface area contributed by atoms with E-state index in [0.717, 1.165) is 19.4 Å². The van der Waals surface area contributed by atoms with Crippen molar-refractivity contribution in [3.8, 4) is 11.5 Å². The van der Waals surface area contributed by atoms with Crippen LogP contribution >= 0.6 is 15.9 Å². The molecule has 0 N–H and O–H groups in total. The number of halogens is 2. The highest BCUT2D eigenvalue weighted by molar-refractivity contribution is 9.09. The topological polar surface area (TPSA) is 27.7 Å². The molecule has 0 bridgehead atoms. The molecule has 0 amide bonds. The lowest BCUT2D eigenvalue weighted by Crippen LogP contribution is -2.13. The Morgan fingerprint density at radius 2 is 2.00 bits per heavy atom. The first-order valence-corrected chi connectivity index (χ1v) is 6.76. The Hall–Kier alpha value is -0.810. The highest BCUT2D eigenvalue weighted by Gasteiger charge is 2.28. The standard InChI is InChI=1S/C13H16BrFO3/c1-16-11-6-8(9(15)7-12(11)17-2)13(14)10-4-3-5-18-10/h6-7,10,13H,3-5H2,1-2H3. The molecule has 3 nitrogen and oxygen atoms in total. The van der Waals surface area contributed by atoms with Gasteiger partial charge in [-0.3, -0.25) is 0 Å². The molecule has 0 aliphatic carbocycles. The fraction of sp³-hybridized carbons (Fsp3) is 0.538. The van der Waals surface area contributed by atoms with Crippen molar-refractivity contribution in [2.75, 3.05) is 20.8 Å². The fourth-order valence-corrected chi connectivity index (χ4v) is 2.88. The molecule has 1 aromatic rings. The van der Waals surface area contributed by atoms with Crippen molar-refractivity contribution in [3.63, 3.8) is 0 Å². The van der Waals surface area contributed by atoms with Crippen LogP contribution in [0.2, 0.25) is 0 Å². The van der Waals surface area contributed by atoms with Gasteiger partial charge in [0.2, 0.25) is 0 Å². The maximum atomic E-state index is 14.0. The van der Waals surface area contributed by atoms with E-state index in [0.29, 0.717) is 17.1 Å². The fourth-order valence-electron chi connectivity index (χ4n) is 2.11. The van der Waals surface area contributed by atoms with Gasteiger partial charge in [0.05, 0.1) is 25.2 Å². The summed E-state index contributed by atoms with van der Waals surface area (Å²) < 4.78 is 29.9. The number of hydrogen-bond acceptors (Lipinski definition) is 3. The molecular formula is C13H16BrFO3. The first-order valence-electron chi connectivity index (χ1n) is 5.84. The summed E-state index contributed by atoms with van der Waals surface area (Å²) >= 11 is 3.51. The molecule has 0 saturated carbocycles. The average Bonchev–Trinajstić information content (AvgIpc) is 2.91. The smallest absolute Gasteiger partial charge is 0.163 e. The van der Waals surface area contributed by atoms with Gasteiger partial charge in [0.15, 0.2) is 11.5 Å². The summed E-state index contributed by atoms with van der Waals surface area (Å²) in [6.45, 7) is 0.738. The molecule has 1 saturated heterocycles. The van der Waals surface area contributed by atoms with Crippen molar-refractivity contribution >= 4 is 15.9 Å². The Kier molecular flexibility index (Phi) is 4.45. The molecule has 18 heavy (non-hydrogen) atoms. The van der Waals surface area contributed by atoms with E-state index in [2.05, 4.69) is 15.9 Å². The van der Waals surface area contributed by atoms with Crippen LogP contribution in [0.1, 0.15) is 23.2 Å². The van der Waals surface area contributed by atoms with Gasteiger partial charge in [-0.2, -0.15) is 0 Å². The molecule has 2 rings (SSSR count). The molecule has 0 radical (unpaired) electrons. The molecule has 1 heterocycles. The zero-order valence-electron chi connectivity index (χ0n) is 10.4. The van der Waals surface area contributed by atoms with Crippen molar-refractivity contribution in [1.82, 2.24) is 0 Å². The van der Waals surface area contributed by atoms with Gasteiger partial charge in [0.1, 0.15) is 5.82 Å². The van der Waals surface area contributed by atoms with E-state index < -0.39 is 0 Å². The Balaban J connectivity index is 2.31. The Labute approximate surface area is 114 Å². The van der Waals surface area contributed by atoms with Crippen LogP contribution in [0.3, 0.4) is 0 Å². The Morgan fingerprint density at radius 3 is 2.56 bits per heavy atom. The number of methoxy groups -OCH3 is 2. The summed E-state index contributed by atoms with van der Waals surface area (Å²) in [4.78, 5) is -0.167. The first kappa shape index (κ1) is 13.6. The molecule has 5 heteroatoms. The van der Waals surface area contributed by atoms with E-state index in [9.17, 15) is 4.39 Å². The SMILES string of the molecule is COc1cc(F)c(C(Br)C2CCCO2)cc1OC. The second-order valence-electron chi connectivity index (χ2n) is 4.18. The van der Waals surface area contributed by atoms with Gasteiger partial charge in [-0.25, -0.2) is 4.39 Å². The highest BCUT2D eigenvalue weighted by Crippen LogP contribution is 2.39.